The van der Waals surface area contributed by atoms with E-state index in [1.807, 2.05) is 0 Å². The van der Waals surface area contributed by atoms with Gasteiger partial charge in [0.05, 0.1) is 0 Å². The van der Waals surface area contributed by atoms with Gasteiger partial charge in [-0.2, -0.15) is 0 Å². The lowest BCUT2D eigenvalue weighted by atomic mass is 10.2. The van der Waals surface area contributed by atoms with Crippen LogP contribution in [0, 0.1) is 0 Å². The second-order valence-electron chi connectivity index (χ2n) is 2.31. The molecule has 0 aromatic carbocycles. The molecule has 0 radical (unpaired) electrons. The molecule has 0 heterocycles. The second kappa shape index (κ2) is 6.39. The van der Waals surface area contributed by atoms with Crippen LogP contribution < -0.4 is 10.2 Å². The van der Waals surface area contributed by atoms with E-state index in [1.165, 1.54) is 6.08 Å². The van der Waals surface area contributed by atoms with Gasteiger partial charge in [0, 0.05) is 18.4 Å². The number of hydrogen-bond acceptors (Lipinski definition) is 4. The fourth-order valence-corrected chi connectivity index (χ4v) is 0.662. The third-order valence-electron chi connectivity index (χ3n) is 1.20. The number of carbonyl (C=O) groups excluding carboxylic acids is 2. The maximum absolute atomic E-state index is 9.90. The summed E-state index contributed by atoms with van der Waals surface area (Å²) in [5.41, 5.74) is 0. The molecular formula is C8H10O4-2. The Labute approximate surface area is 70.5 Å². The zero-order valence-corrected chi connectivity index (χ0v) is 6.62. The zero-order chi connectivity index (χ0) is 9.40. The van der Waals surface area contributed by atoms with Gasteiger partial charge in [0.1, 0.15) is 0 Å². The molecule has 0 aliphatic carbocycles. The maximum atomic E-state index is 9.90. The smallest absolute Gasteiger partial charge is 0.0452 e. The molecule has 0 bridgehead atoms. The molecule has 0 aliphatic heterocycles. The molecule has 68 valence electrons. The summed E-state index contributed by atoms with van der Waals surface area (Å²) in [6.07, 6.45) is 4.00. The third-order valence-corrected chi connectivity index (χ3v) is 1.20. The van der Waals surface area contributed by atoms with Gasteiger partial charge in [-0.15, -0.1) is 0 Å². The van der Waals surface area contributed by atoms with Crippen LogP contribution in [0.2, 0.25) is 0 Å². The summed E-state index contributed by atoms with van der Waals surface area (Å²) >= 11 is 0. The second-order valence-corrected chi connectivity index (χ2v) is 2.31. The Hall–Kier alpha value is -1.32. The molecule has 4 heteroatoms. The zero-order valence-electron chi connectivity index (χ0n) is 6.62. The van der Waals surface area contributed by atoms with Gasteiger partial charge in [0.2, 0.25) is 0 Å². The van der Waals surface area contributed by atoms with Crippen LogP contribution >= 0.6 is 0 Å². The molecule has 0 rings (SSSR count). The van der Waals surface area contributed by atoms with Crippen LogP contribution in [-0.2, 0) is 9.59 Å². The highest BCUT2D eigenvalue weighted by Gasteiger charge is 1.84. The van der Waals surface area contributed by atoms with Crippen molar-refractivity contribution < 1.29 is 19.8 Å². The van der Waals surface area contributed by atoms with Gasteiger partial charge in [-0.05, 0) is 19.3 Å². The Balaban J connectivity index is 3.25. The van der Waals surface area contributed by atoms with Crippen LogP contribution in [0.5, 0.6) is 0 Å². The van der Waals surface area contributed by atoms with Crippen LogP contribution in [0.4, 0.5) is 0 Å². The minimum atomic E-state index is -1.13. The number of carboxylic acid groups (broad SMARTS) is 2. The predicted molar refractivity (Wildman–Crippen MR) is 37.6 cm³/mol. The van der Waals surface area contributed by atoms with Crippen molar-refractivity contribution in [2.75, 3.05) is 0 Å². The van der Waals surface area contributed by atoms with E-state index in [4.69, 9.17) is 0 Å². The molecule has 12 heavy (non-hydrogen) atoms. The predicted octanol–water partition coefficient (Wildman–Crippen LogP) is -1.40. The van der Waals surface area contributed by atoms with Crippen molar-refractivity contribution in [3.8, 4) is 0 Å². The van der Waals surface area contributed by atoms with Gasteiger partial charge >= 0.3 is 0 Å². The Kier molecular flexibility index (Phi) is 5.69. The summed E-state index contributed by atoms with van der Waals surface area (Å²) in [6.45, 7) is 0. The highest BCUT2D eigenvalue weighted by Crippen LogP contribution is 1.95. The molecule has 4 nitrogen and oxygen atoms in total. The van der Waals surface area contributed by atoms with Crippen LogP contribution in [0.15, 0.2) is 12.2 Å². The summed E-state index contributed by atoms with van der Waals surface area (Å²) in [5.74, 6) is -2.21. The van der Waals surface area contributed by atoms with E-state index >= 15 is 0 Å². The van der Waals surface area contributed by atoms with E-state index in [0.29, 0.717) is 12.8 Å². The van der Waals surface area contributed by atoms with Gasteiger partial charge in [-0.3, -0.25) is 0 Å². The maximum Gasteiger partial charge on any atom is 0.0452 e. The van der Waals surface area contributed by atoms with E-state index in [-0.39, 0.29) is 12.8 Å². The lowest BCUT2D eigenvalue weighted by molar-refractivity contribution is -0.306. The first kappa shape index (κ1) is 10.7. The lowest BCUT2D eigenvalue weighted by Gasteiger charge is -1.98. The van der Waals surface area contributed by atoms with Crippen molar-refractivity contribution in [2.24, 2.45) is 0 Å². The Bertz CT molecular complexity index is 183. The molecular weight excluding hydrogens is 160 g/mol. The van der Waals surface area contributed by atoms with E-state index in [1.54, 1.807) is 6.08 Å². The van der Waals surface area contributed by atoms with Gasteiger partial charge in [-0.1, -0.05) is 12.2 Å². The molecule has 0 aromatic heterocycles. The highest BCUT2D eigenvalue weighted by molar-refractivity contribution is 5.66. The van der Waals surface area contributed by atoms with E-state index < -0.39 is 11.9 Å². The standard InChI is InChI=1S/C8H12O4/c9-7(10)5-3-1-2-4-6-8(11)12/h1,3H,2,4-6H2,(H,9,10)(H,11,12)/p-2/b3-1-. The molecule has 0 amide bonds. The average Bonchev–Trinajstić information content (AvgIpc) is 1.95. The fraction of sp³-hybridized carbons (Fsp3) is 0.500. The first-order chi connectivity index (χ1) is 5.63. The minimum Gasteiger partial charge on any atom is -0.550 e. The topological polar surface area (TPSA) is 80.3 Å². The van der Waals surface area contributed by atoms with E-state index in [9.17, 15) is 19.8 Å². The van der Waals surface area contributed by atoms with Crippen molar-refractivity contribution >= 4 is 11.9 Å². The SMILES string of the molecule is O=C([O-])C/C=C\CCCC(=O)[O-]. The number of hydrogen-bond donors (Lipinski definition) is 0. The van der Waals surface area contributed by atoms with Crippen molar-refractivity contribution in [1.82, 2.24) is 0 Å². The molecule has 0 atom stereocenters. The van der Waals surface area contributed by atoms with Crippen LogP contribution in [-0.4, -0.2) is 11.9 Å². The quantitative estimate of drug-likeness (QED) is 0.363. The number of aliphatic carboxylic acids is 2. The van der Waals surface area contributed by atoms with Crippen molar-refractivity contribution in [3.63, 3.8) is 0 Å². The minimum absolute atomic E-state index is 0.00958. The third kappa shape index (κ3) is 8.68. The molecule has 0 spiro atoms. The molecule has 0 fully saturated rings. The molecule has 0 saturated heterocycles. The number of unbranched alkanes of at least 4 members (excludes halogenated alkanes) is 1. The number of rotatable bonds is 6. The van der Waals surface area contributed by atoms with Crippen LogP contribution in [0.1, 0.15) is 25.7 Å². The lowest BCUT2D eigenvalue weighted by Crippen LogP contribution is -2.21. The first-order valence-corrected chi connectivity index (χ1v) is 3.67. The monoisotopic (exact) mass is 170 g/mol. The molecule has 0 N–H and O–H groups in total. The summed E-state index contributed by atoms with van der Waals surface area (Å²) in [7, 11) is 0. The van der Waals surface area contributed by atoms with Crippen molar-refractivity contribution in [3.05, 3.63) is 12.2 Å². The van der Waals surface area contributed by atoms with Crippen molar-refractivity contribution in [1.29, 1.82) is 0 Å². The van der Waals surface area contributed by atoms with Crippen LogP contribution in [0.3, 0.4) is 0 Å². The fourth-order valence-electron chi connectivity index (χ4n) is 0.662. The molecule has 0 aliphatic rings. The Morgan fingerprint density at radius 3 is 2.25 bits per heavy atom. The molecule has 0 saturated carbocycles. The van der Waals surface area contributed by atoms with Gasteiger partial charge < -0.3 is 19.8 Å². The van der Waals surface area contributed by atoms with Gasteiger partial charge in [0.15, 0.2) is 0 Å². The Morgan fingerprint density at radius 2 is 1.75 bits per heavy atom. The number of carboxylic acids is 2. The summed E-state index contributed by atoms with van der Waals surface area (Å²) in [6, 6.07) is 0. The molecule has 0 aromatic rings. The van der Waals surface area contributed by atoms with Crippen LogP contribution in [0.25, 0.3) is 0 Å². The normalized spacial score (nSPS) is 10.3. The van der Waals surface area contributed by atoms with Gasteiger partial charge in [-0.25, -0.2) is 0 Å². The van der Waals surface area contributed by atoms with E-state index in [2.05, 4.69) is 0 Å². The largest absolute Gasteiger partial charge is 0.550 e. The van der Waals surface area contributed by atoms with Crippen molar-refractivity contribution in [2.45, 2.75) is 25.7 Å². The summed E-state index contributed by atoms with van der Waals surface area (Å²) in [4.78, 5) is 19.8. The summed E-state index contributed by atoms with van der Waals surface area (Å²) in [5, 5.41) is 19.8. The Morgan fingerprint density at radius 1 is 1.08 bits per heavy atom. The number of carbonyl (C=O) groups is 2. The number of allylic oxidation sites excluding steroid dienone is 1. The average molecular weight is 170 g/mol. The first-order valence-electron chi connectivity index (χ1n) is 3.67. The summed E-state index contributed by atoms with van der Waals surface area (Å²) < 4.78 is 0. The van der Waals surface area contributed by atoms with E-state index in [0.717, 1.165) is 0 Å². The molecule has 0 unspecified atom stereocenters. The van der Waals surface area contributed by atoms with Gasteiger partial charge in [0.25, 0.3) is 0 Å². The highest BCUT2D eigenvalue weighted by atomic mass is 16.4.